The van der Waals surface area contributed by atoms with Crippen LogP contribution in [-0.4, -0.2) is 12.5 Å². The van der Waals surface area contributed by atoms with Crippen LogP contribution in [0.15, 0.2) is 72.8 Å². The molecule has 0 saturated carbocycles. The fourth-order valence-electron chi connectivity index (χ4n) is 3.07. The van der Waals surface area contributed by atoms with Gasteiger partial charge in [-0.1, -0.05) is 54.6 Å². The highest BCUT2D eigenvalue weighted by Gasteiger charge is 2.07. The summed E-state index contributed by atoms with van der Waals surface area (Å²) >= 11 is 0. The minimum absolute atomic E-state index is 0.0512. The molecule has 0 atom stereocenters. The maximum absolute atomic E-state index is 12.4. The van der Waals surface area contributed by atoms with Gasteiger partial charge in [0.15, 0.2) is 0 Å². The van der Waals surface area contributed by atoms with Gasteiger partial charge in [0, 0.05) is 11.4 Å². The molecule has 0 aromatic heterocycles. The van der Waals surface area contributed by atoms with Gasteiger partial charge in [-0.2, -0.15) is 0 Å². The average molecular weight is 344 g/mol. The molecule has 0 saturated heterocycles. The van der Waals surface area contributed by atoms with Crippen molar-refractivity contribution in [3.05, 3.63) is 95.1 Å². The topological polar surface area (TPSA) is 41.1 Å². The number of hydrogen-bond donors (Lipinski definition) is 2. The van der Waals surface area contributed by atoms with Crippen LogP contribution < -0.4 is 10.6 Å². The van der Waals surface area contributed by atoms with Crippen molar-refractivity contribution >= 4 is 17.3 Å². The molecule has 3 rings (SSSR count). The van der Waals surface area contributed by atoms with E-state index in [9.17, 15) is 4.79 Å². The molecule has 2 N–H and O–H groups in total. The van der Waals surface area contributed by atoms with E-state index in [1.807, 2.05) is 48.5 Å². The molecular weight excluding hydrogens is 320 g/mol. The first-order valence-electron chi connectivity index (χ1n) is 8.84. The van der Waals surface area contributed by atoms with Crippen molar-refractivity contribution in [2.45, 2.75) is 20.3 Å². The van der Waals surface area contributed by atoms with E-state index < -0.39 is 0 Å². The number of anilines is 2. The van der Waals surface area contributed by atoms with Gasteiger partial charge in [0.05, 0.1) is 6.54 Å². The number of carbonyl (C=O) groups is 1. The Balaban J connectivity index is 1.64. The van der Waals surface area contributed by atoms with Crippen LogP contribution in [0.5, 0.6) is 0 Å². The predicted octanol–water partition coefficient (Wildman–Crippen LogP) is 4.94. The highest BCUT2D eigenvalue weighted by atomic mass is 16.1. The normalized spacial score (nSPS) is 10.4. The van der Waals surface area contributed by atoms with Crippen LogP contribution in [0.1, 0.15) is 22.3 Å². The molecule has 0 radical (unpaired) electrons. The molecule has 0 aliphatic rings. The standard InChI is InChI=1S/C23H24N2O/c1-17-12-18(2)14-21(13-17)24-16-23(26)25-22-11-7-6-10-20(22)15-19-8-4-3-5-9-19/h3-14,24H,15-16H2,1-2H3,(H,25,26). The third-order valence-electron chi connectivity index (χ3n) is 4.20. The molecule has 3 heteroatoms. The van der Waals surface area contributed by atoms with Crippen LogP contribution in [0, 0.1) is 13.8 Å². The summed E-state index contributed by atoms with van der Waals surface area (Å²) in [6.45, 7) is 4.35. The molecule has 0 fully saturated rings. The molecule has 26 heavy (non-hydrogen) atoms. The fraction of sp³-hybridized carbons (Fsp3) is 0.174. The van der Waals surface area contributed by atoms with Crippen molar-refractivity contribution in [2.75, 3.05) is 17.2 Å². The number of rotatable bonds is 6. The van der Waals surface area contributed by atoms with Gasteiger partial charge in [-0.05, 0) is 60.7 Å². The van der Waals surface area contributed by atoms with Crippen LogP contribution >= 0.6 is 0 Å². The van der Waals surface area contributed by atoms with E-state index in [1.54, 1.807) is 0 Å². The average Bonchev–Trinajstić information content (AvgIpc) is 2.62. The molecule has 1 amide bonds. The number of nitrogens with one attached hydrogen (secondary N) is 2. The molecule has 0 spiro atoms. The Bertz CT molecular complexity index is 867. The molecule has 3 nitrogen and oxygen atoms in total. The van der Waals surface area contributed by atoms with Gasteiger partial charge in [-0.15, -0.1) is 0 Å². The van der Waals surface area contributed by atoms with E-state index in [-0.39, 0.29) is 12.5 Å². The van der Waals surface area contributed by atoms with Crippen LogP contribution in [0.3, 0.4) is 0 Å². The van der Waals surface area contributed by atoms with Crippen molar-refractivity contribution in [1.82, 2.24) is 0 Å². The SMILES string of the molecule is Cc1cc(C)cc(NCC(=O)Nc2ccccc2Cc2ccccc2)c1. The van der Waals surface area contributed by atoms with E-state index in [4.69, 9.17) is 0 Å². The van der Waals surface area contributed by atoms with E-state index in [0.29, 0.717) is 0 Å². The summed E-state index contributed by atoms with van der Waals surface area (Å²) in [5, 5.41) is 6.23. The molecule has 0 bridgehead atoms. The zero-order valence-corrected chi connectivity index (χ0v) is 15.3. The smallest absolute Gasteiger partial charge is 0.243 e. The summed E-state index contributed by atoms with van der Waals surface area (Å²) in [6, 6.07) is 24.4. The van der Waals surface area contributed by atoms with Crippen LogP contribution in [0.2, 0.25) is 0 Å². The molecule has 0 unspecified atom stereocenters. The van der Waals surface area contributed by atoms with Crippen LogP contribution in [0.25, 0.3) is 0 Å². The Morgan fingerprint density at radius 1 is 0.846 bits per heavy atom. The van der Waals surface area contributed by atoms with E-state index in [2.05, 4.69) is 48.7 Å². The summed E-state index contributed by atoms with van der Waals surface area (Å²) in [4.78, 5) is 12.4. The lowest BCUT2D eigenvalue weighted by molar-refractivity contribution is -0.114. The lowest BCUT2D eigenvalue weighted by atomic mass is 10.0. The minimum atomic E-state index is -0.0512. The summed E-state index contributed by atoms with van der Waals surface area (Å²) in [5.74, 6) is -0.0512. The van der Waals surface area contributed by atoms with Gasteiger partial charge in [-0.25, -0.2) is 0 Å². The zero-order valence-electron chi connectivity index (χ0n) is 15.3. The van der Waals surface area contributed by atoms with Gasteiger partial charge >= 0.3 is 0 Å². The quantitative estimate of drug-likeness (QED) is 0.664. The van der Waals surface area contributed by atoms with E-state index in [1.165, 1.54) is 16.7 Å². The molecule has 0 aliphatic carbocycles. The van der Waals surface area contributed by atoms with Crippen molar-refractivity contribution in [3.63, 3.8) is 0 Å². The summed E-state index contributed by atoms with van der Waals surface area (Å²) < 4.78 is 0. The zero-order chi connectivity index (χ0) is 18.4. The lowest BCUT2D eigenvalue weighted by Crippen LogP contribution is -2.22. The Labute approximate surface area is 155 Å². The molecule has 132 valence electrons. The maximum atomic E-state index is 12.4. The second-order valence-electron chi connectivity index (χ2n) is 6.60. The van der Waals surface area contributed by atoms with Gasteiger partial charge in [0.25, 0.3) is 0 Å². The Morgan fingerprint density at radius 3 is 2.23 bits per heavy atom. The third-order valence-corrected chi connectivity index (χ3v) is 4.20. The predicted molar refractivity (Wildman–Crippen MR) is 109 cm³/mol. The highest BCUT2D eigenvalue weighted by molar-refractivity contribution is 5.94. The number of aryl methyl sites for hydroxylation is 2. The number of carbonyl (C=O) groups excluding carboxylic acids is 1. The number of benzene rings is 3. The fourth-order valence-corrected chi connectivity index (χ4v) is 3.07. The molecule has 0 heterocycles. The first-order valence-corrected chi connectivity index (χ1v) is 8.84. The molecular formula is C23H24N2O. The first-order chi connectivity index (χ1) is 12.6. The van der Waals surface area contributed by atoms with Gasteiger partial charge in [0.1, 0.15) is 0 Å². The Kier molecular flexibility index (Phi) is 5.69. The Hall–Kier alpha value is -3.07. The summed E-state index contributed by atoms with van der Waals surface area (Å²) in [6.07, 6.45) is 0.793. The van der Waals surface area contributed by atoms with Crippen molar-refractivity contribution < 1.29 is 4.79 Å². The highest BCUT2D eigenvalue weighted by Crippen LogP contribution is 2.19. The monoisotopic (exact) mass is 344 g/mol. The molecule has 0 aliphatic heterocycles. The van der Waals surface area contributed by atoms with Gasteiger partial charge in [0.2, 0.25) is 5.91 Å². The van der Waals surface area contributed by atoms with Gasteiger partial charge < -0.3 is 10.6 Å². The third kappa shape index (κ3) is 4.96. The van der Waals surface area contributed by atoms with Crippen molar-refractivity contribution in [2.24, 2.45) is 0 Å². The van der Waals surface area contributed by atoms with Crippen molar-refractivity contribution in [3.8, 4) is 0 Å². The first kappa shape index (κ1) is 17.7. The lowest BCUT2D eigenvalue weighted by Gasteiger charge is -2.13. The van der Waals surface area contributed by atoms with E-state index >= 15 is 0 Å². The minimum Gasteiger partial charge on any atom is -0.376 e. The number of hydrogen-bond acceptors (Lipinski definition) is 2. The second kappa shape index (κ2) is 8.34. The summed E-state index contributed by atoms with van der Waals surface area (Å²) in [5.41, 5.74) is 6.53. The van der Waals surface area contributed by atoms with Gasteiger partial charge in [-0.3, -0.25) is 4.79 Å². The molecule has 3 aromatic rings. The van der Waals surface area contributed by atoms with Crippen LogP contribution in [-0.2, 0) is 11.2 Å². The number of para-hydroxylation sites is 1. The van der Waals surface area contributed by atoms with Crippen molar-refractivity contribution in [1.29, 1.82) is 0 Å². The maximum Gasteiger partial charge on any atom is 0.243 e. The largest absolute Gasteiger partial charge is 0.376 e. The summed E-state index contributed by atoms with van der Waals surface area (Å²) in [7, 11) is 0. The second-order valence-corrected chi connectivity index (χ2v) is 6.60. The van der Waals surface area contributed by atoms with E-state index in [0.717, 1.165) is 23.4 Å². The Morgan fingerprint density at radius 2 is 1.50 bits per heavy atom. The number of amides is 1. The molecule has 3 aromatic carbocycles. The van der Waals surface area contributed by atoms with Crippen LogP contribution in [0.4, 0.5) is 11.4 Å².